The third-order valence-electron chi connectivity index (χ3n) is 3.78. The van der Waals surface area contributed by atoms with Crippen LogP contribution < -0.4 is 0 Å². The van der Waals surface area contributed by atoms with Gasteiger partial charge >= 0.3 is 0 Å². The number of para-hydroxylation sites is 1. The SMILES string of the molecule is OCc1cn(C2OC(CO)[C@@H](O)[C@H]2O)c2ccccc12. The number of ether oxygens (including phenoxy) is 1. The first-order chi connectivity index (χ1) is 9.67. The van der Waals surface area contributed by atoms with E-state index in [9.17, 15) is 15.3 Å². The van der Waals surface area contributed by atoms with Crippen LogP contribution in [-0.4, -0.2) is 49.9 Å². The maximum Gasteiger partial charge on any atom is 0.163 e. The Labute approximate surface area is 115 Å². The van der Waals surface area contributed by atoms with E-state index in [0.717, 1.165) is 16.5 Å². The van der Waals surface area contributed by atoms with Gasteiger partial charge in [0.15, 0.2) is 6.23 Å². The van der Waals surface area contributed by atoms with Crippen molar-refractivity contribution in [1.82, 2.24) is 4.57 Å². The molecule has 1 aliphatic rings. The van der Waals surface area contributed by atoms with Crippen molar-refractivity contribution >= 4 is 10.9 Å². The van der Waals surface area contributed by atoms with Gasteiger partial charge < -0.3 is 29.7 Å². The molecule has 1 aromatic heterocycles. The number of aromatic nitrogens is 1. The summed E-state index contributed by atoms with van der Waals surface area (Å²) in [5, 5.41) is 39.3. The summed E-state index contributed by atoms with van der Waals surface area (Å²) >= 11 is 0. The maximum atomic E-state index is 10.1. The van der Waals surface area contributed by atoms with Crippen LogP contribution in [0.1, 0.15) is 11.8 Å². The van der Waals surface area contributed by atoms with Gasteiger partial charge in [0.25, 0.3) is 0 Å². The zero-order valence-corrected chi connectivity index (χ0v) is 10.8. The smallest absolute Gasteiger partial charge is 0.163 e. The van der Waals surface area contributed by atoms with Gasteiger partial charge in [-0.2, -0.15) is 0 Å². The van der Waals surface area contributed by atoms with Crippen molar-refractivity contribution in [3.05, 3.63) is 36.0 Å². The number of nitrogens with zero attached hydrogens (tertiary/aromatic N) is 1. The van der Waals surface area contributed by atoms with Gasteiger partial charge in [-0.15, -0.1) is 0 Å². The zero-order valence-electron chi connectivity index (χ0n) is 10.8. The van der Waals surface area contributed by atoms with E-state index in [2.05, 4.69) is 0 Å². The standard InChI is InChI=1S/C14H17NO5/c16-6-8-5-15(10-4-2-1-3-9(8)10)14-13(19)12(18)11(7-17)20-14/h1-5,11-14,16-19H,6-7H2/t11?,12-,13-,14?/m1/s1. The van der Waals surface area contributed by atoms with Gasteiger partial charge in [0.05, 0.1) is 18.7 Å². The summed E-state index contributed by atoms with van der Waals surface area (Å²) < 4.78 is 7.20. The van der Waals surface area contributed by atoms with E-state index in [1.165, 1.54) is 0 Å². The number of aliphatic hydroxyl groups is 4. The fourth-order valence-corrected chi connectivity index (χ4v) is 2.72. The van der Waals surface area contributed by atoms with Gasteiger partial charge in [0.1, 0.15) is 18.3 Å². The Bertz CT molecular complexity index is 611. The summed E-state index contributed by atoms with van der Waals surface area (Å²) in [7, 11) is 0. The first-order valence-electron chi connectivity index (χ1n) is 6.49. The number of rotatable bonds is 3. The molecule has 1 aliphatic heterocycles. The minimum Gasteiger partial charge on any atom is -0.394 e. The fourth-order valence-electron chi connectivity index (χ4n) is 2.72. The molecule has 6 heteroatoms. The lowest BCUT2D eigenvalue weighted by Gasteiger charge is -2.17. The predicted octanol–water partition coefficient (Wildman–Crippen LogP) is -0.255. The Morgan fingerprint density at radius 3 is 2.50 bits per heavy atom. The molecule has 20 heavy (non-hydrogen) atoms. The number of fused-ring (bicyclic) bond motifs is 1. The van der Waals surface area contributed by atoms with E-state index >= 15 is 0 Å². The normalized spacial score (nSPS) is 30.2. The minimum absolute atomic E-state index is 0.123. The van der Waals surface area contributed by atoms with Gasteiger partial charge in [0, 0.05) is 17.1 Å². The van der Waals surface area contributed by atoms with Crippen molar-refractivity contribution in [3.8, 4) is 0 Å². The fraction of sp³-hybridized carbons (Fsp3) is 0.429. The van der Waals surface area contributed by atoms with Crippen molar-refractivity contribution in [2.45, 2.75) is 31.1 Å². The number of aliphatic hydroxyl groups excluding tert-OH is 4. The molecule has 108 valence electrons. The van der Waals surface area contributed by atoms with E-state index in [1.54, 1.807) is 10.8 Å². The lowest BCUT2D eigenvalue weighted by Crippen LogP contribution is -2.33. The van der Waals surface area contributed by atoms with E-state index in [-0.39, 0.29) is 13.2 Å². The highest BCUT2D eigenvalue weighted by atomic mass is 16.6. The van der Waals surface area contributed by atoms with E-state index < -0.39 is 24.5 Å². The second-order valence-corrected chi connectivity index (χ2v) is 4.97. The van der Waals surface area contributed by atoms with Crippen LogP contribution >= 0.6 is 0 Å². The maximum absolute atomic E-state index is 10.1. The van der Waals surface area contributed by atoms with Gasteiger partial charge in [-0.25, -0.2) is 0 Å². The summed E-state index contributed by atoms with van der Waals surface area (Å²) in [6.45, 7) is -0.483. The Balaban J connectivity index is 2.07. The molecular weight excluding hydrogens is 262 g/mol. The molecule has 2 aromatic rings. The van der Waals surface area contributed by atoms with Crippen LogP contribution in [0.25, 0.3) is 10.9 Å². The van der Waals surface area contributed by atoms with Crippen LogP contribution in [0.15, 0.2) is 30.5 Å². The molecule has 1 aromatic carbocycles. The molecule has 3 rings (SSSR count). The van der Waals surface area contributed by atoms with Crippen LogP contribution in [0.3, 0.4) is 0 Å². The molecule has 1 fully saturated rings. The molecule has 0 aliphatic carbocycles. The molecule has 6 nitrogen and oxygen atoms in total. The van der Waals surface area contributed by atoms with E-state index in [4.69, 9.17) is 9.84 Å². The average Bonchev–Trinajstić information content (AvgIpc) is 2.98. The average molecular weight is 279 g/mol. The highest BCUT2D eigenvalue weighted by Crippen LogP contribution is 2.33. The van der Waals surface area contributed by atoms with Gasteiger partial charge in [-0.1, -0.05) is 18.2 Å². The number of hydrogen-bond donors (Lipinski definition) is 4. The Morgan fingerprint density at radius 1 is 1.10 bits per heavy atom. The second kappa shape index (κ2) is 5.16. The number of hydrogen-bond acceptors (Lipinski definition) is 5. The highest BCUT2D eigenvalue weighted by molar-refractivity contribution is 5.84. The summed E-state index contributed by atoms with van der Waals surface area (Å²) in [5.74, 6) is 0. The first-order valence-corrected chi connectivity index (χ1v) is 6.49. The number of benzene rings is 1. The van der Waals surface area contributed by atoms with Crippen molar-refractivity contribution < 1.29 is 25.2 Å². The molecule has 0 radical (unpaired) electrons. The monoisotopic (exact) mass is 279 g/mol. The summed E-state index contributed by atoms with van der Waals surface area (Å²) in [6.07, 6.45) is -2.16. The van der Waals surface area contributed by atoms with Crippen LogP contribution in [0.2, 0.25) is 0 Å². The third-order valence-corrected chi connectivity index (χ3v) is 3.78. The molecule has 0 bridgehead atoms. The van der Waals surface area contributed by atoms with Crippen LogP contribution in [0, 0.1) is 0 Å². The molecule has 2 unspecified atom stereocenters. The van der Waals surface area contributed by atoms with Gasteiger partial charge in [0.2, 0.25) is 0 Å². The van der Waals surface area contributed by atoms with Crippen LogP contribution in [0.5, 0.6) is 0 Å². The van der Waals surface area contributed by atoms with Crippen molar-refractivity contribution in [1.29, 1.82) is 0 Å². The summed E-state index contributed by atoms with van der Waals surface area (Å²) in [6, 6.07) is 7.44. The van der Waals surface area contributed by atoms with Crippen molar-refractivity contribution in [2.24, 2.45) is 0 Å². The minimum atomic E-state index is -1.14. The lowest BCUT2D eigenvalue weighted by atomic mass is 10.1. The molecule has 4 atom stereocenters. The predicted molar refractivity (Wildman–Crippen MR) is 70.9 cm³/mol. The van der Waals surface area contributed by atoms with Crippen LogP contribution in [-0.2, 0) is 11.3 Å². The van der Waals surface area contributed by atoms with Crippen LogP contribution in [0.4, 0.5) is 0 Å². The van der Waals surface area contributed by atoms with Crippen molar-refractivity contribution in [2.75, 3.05) is 6.61 Å². The molecular formula is C14H17NO5. The largest absolute Gasteiger partial charge is 0.394 e. The van der Waals surface area contributed by atoms with Gasteiger partial charge in [-0.05, 0) is 6.07 Å². The topological polar surface area (TPSA) is 95.1 Å². The Morgan fingerprint density at radius 2 is 1.85 bits per heavy atom. The molecule has 0 spiro atoms. The second-order valence-electron chi connectivity index (χ2n) is 4.97. The van der Waals surface area contributed by atoms with Gasteiger partial charge in [-0.3, -0.25) is 0 Å². The molecule has 0 amide bonds. The highest BCUT2D eigenvalue weighted by Gasteiger charge is 2.43. The quantitative estimate of drug-likeness (QED) is 0.621. The molecule has 4 N–H and O–H groups in total. The Kier molecular flexibility index (Phi) is 3.49. The third kappa shape index (κ3) is 1.93. The van der Waals surface area contributed by atoms with E-state index in [0.29, 0.717) is 0 Å². The molecule has 1 saturated heterocycles. The molecule has 2 heterocycles. The summed E-state index contributed by atoms with van der Waals surface area (Å²) in [4.78, 5) is 0. The molecule has 0 saturated carbocycles. The lowest BCUT2D eigenvalue weighted by molar-refractivity contribution is -0.0507. The zero-order chi connectivity index (χ0) is 14.3. The van der Waals surface area contributed by atoms with E-state index in [1.807, 2.05) is 24.3 Å². The first kappa shape index (κ1) is 13.5. The van der Waals surface area contributed by atoms with Crippen molar-refractivity contribution in [3.63, 3.8) is 0 Å². The summed E-state index contributed by atoms with van der Waals surface area (Å²) in [5.41, 5.74) is 1.52. The Hall–Kier alpha value is -1.44.